The van der Waals surface area contributed by atoms with E-state index in [1.807, 2.05) is 26.0 Å². The van der Waals surface area contributed by atoms with Crippen LogP contribution in [0.25, 0.3) is 0 Å². The summed E-state index contributed by atoms with van der Waals surface area (Å²) in [5, 5.41) is 22.5. The first-order valence-corrected chi connectivity index (χ1v) is 8.45. The molecular weight excluding hydrogens is 326 g/mol. The Balaban J connectivity index is 2.10. The molecule has 1 heterocycles. The first kappa shape index (κ1) is 16.2. The van der Waals surface area contributed by atoms with Crippen LogP contribution in [0.3, 0.4) is 0 Å². The standard InChI is InChI=1S/C22H19NO3/c1-13-11-14(2)20-19(12-13)22(21(26)23-20,15-3-7-17(24)8-4-15)16-5-9-18(25)10-6-16/h3-12,24-25H,1-2H3,(H,23,26). The van der Waals surface area contributed by atoms with Crippen LogP contribution in [0.2, 0.25) is 0 Å². The molecule has 0 aliphatic carbocycles. The summed E-state index contributed by atoms with van der Waals surface area (Å²) in [6.07, 6.45) is 0. The molecule has 130 valence electrons. The number of rotatable bonds is 2. The molecule has 26 heavy (non-hydrogen) atoms. The van der Waals surface area contributed by atoms with E-state index < -0.39 is 5.41 Å². The van der Waals surface area contributed by atoms with Gasteiger partial charge >= 0.3 is 0 Å². The lowest BCUT2D eigenvalue weighted by molar-refractivity contribution is -0.118. The first-order valence-electron chi connectivity index (χ1n) is 8.45. The van der Waals surface area contributed by atoms with E-state index in [0.717, 1.165) is 33.5 Å². The fraction of sp³-hybridized carbons (Fsp3) is 0.136. The minimum atomic E-state index is -1.03. The maximum Gasteiger partial charge on any atom is 0.244 e. The van der Waals surface area contributed by atoms with Crippen molar-refractivity contribution in [3.8, 4) is 11.5 Å². The summed E-state index contributed by atoms with van der Waals surface area (Å²) >= 11 is 0. The van der Waals surface area contributed by atoms with Crippen molar-refractivity contribution < 1.29 is 15.0 Å². The van der Waals surface area contributed by atoms with Crippen molar-refractivity contribution in [1.29, 1.82) is 0 Å². The molecule has 1 aliphatic rings. The van der Waals surface area contributed by atoms with Crippen LogP contribution < -0.4 is 5.32 Å². The monoisotopic (exact) mass is 345 g/mol. The number of benzene rings is 3. The number of carbonyl (C=O) groups is 1. The molecule has 4 rings (SSSR count). The van der Waals surface area contributed by atoms with E-state index in [4.69, 9.17) is 0 Å². The maximum absolute atomic E-state index is 13.4. The van der Waals surface area contributed by atoms with Gasteiger partial charge in [0, 0.05) is 11.3 Å². The third-order valence-corrected chi connectivity index (χ3v) is 5.06. The van der Waals surface area contributed by atoms with Gasteiger partial charge in [0.05, 0.1) is 0 Å². The van der Waals surface area contributed by atoms with Crippen molar-refractivity contribution in [2.75, 3.05) is 5.32 Å². The average Bonchev–Trinajstić information content (AvgIpc) is 2.90. The van der Waals surface area contributed by atoms with Gasteiger partial charge < -0.3 is 15.5 Å². The van der Waals surface area contributed by atoms with Crippen LogP contribution in [0.5, 0.6) is 11.5 Å². The maximum atomic E-state index is 13.4. The molecule has 1 amide bonds. The van der Waals surface area contributed by atoms with Gasteiger partial charge in [-0.2, -0.15) is 0 Å². The molecule has 1 aliphatic heterocycles. The van der Waals surface area contributed by atoms with Gasteiger partial charge in [0.25, 0.3) is 0 Å². The van der Waals surface area contributed by atoms with E-state index in [1.165, 1.54) is 0 Å². The second-order valence-electron chi connectivity index (χ2n) is 6.80. The van der Waals surface area contributed by atoms with Crippen LogP contribution in [0.15, 0.2) is 60.7 Å². The average molecular weight is 345 g/mol. The molecule has 4 heteroatoms. The summed E-state index contributed by atoms with van der Waals surface area (Å²) in [4.78, 5) is 13.4. The lowest BCUT2D eigenvalue weighted by Crippen LogP contribution is -2.37. The lowest BCUT2D eigenvalue weighted by Gasteiger charge is -2.29. The Labute approximate surface area is 151 Å². The predicted molar refractivity (Wildman–Crippen MR) is 101 cm³/mol. The van der Waals surface area contributed by atoms with Crippen molar-refractivity contribution in [3.63, 3.8) is 0 Å². The molecule has 0 spiro atoms. The van der Waals surface area contributed by atoms with Gasteiger partial charge in [-0.15, -0.1) is 0 Å². The van der Waals surface area contributed by atoms with E-state index >= 15 is 0 Å². The molecule has 0 fully saturated rings. The van der Waals surface area contributed by atoms with Crippen molar-refractivity contribution in [2.24, 2.45) is 0 Å². The summed E-state index contributed by atoms with van der Waals surface area (Å²) < 4.78 is 0. The van der Waals surface area contributed by atoms with Gasteiger partial charge in [-0.25, -0.2) is 0 Å². The topological polar surface area (TPSA) is 69.6 Å². The smallest absolute Gasteiger partial charge is 0.244 e. The molecule has 4 nitrogen and oxygen atoms in total. The Hall–Kier alpha value is -3.27. The van der Waals surface area contributed by atoms with Gasteiger partial charge in [0.2, 0.25) is 5.91 Å². The van der Waals surface area contributed by atoms with Crippen molar-refractivity contribution in [2.45, 2.75) is 19.3 Å². The predicted octanol–water partition coefficient (Wildman–Crippen LogP) is 4.00. The molecule has 3 N–H and O–H groups in total. The number of nitrogens with one attached hydrogen (secondary N) is 1. The van der Waals surface area contributed by atoms with E-state index in [9.17, 15) is 15.0 Å². The Morgan fingerprint density at radius 1 is 0.808 bits per heavy atom. The van der Waals surface area contributed by atoms with Crippen LogP contribution in [0.1, 0.15) is 27.8 Å². The Kier molecular flexibility index (Phi) is 3.51. The molecule has 0 unspecified atom stereocenters. The molecule has 0 saturated heterocycles. The number of aryl methyl sites for hydroxylation is 2. The van der Waals surface area contributed by atoms with Crippen LogP contribution in [0, 0.1) is 13.8 Å². The Morgan fingerprint density at radius 2 is 1.31 bits per heavy atom. The summed E-state index contributed by atoms with van der Waals surface area (Å²) in [6, 6.07) is 17.5. The van der Waals surface area contributed by atoms with Crippen LogP contribution in [-0.2, 0) is 10.2 Å². The van der Waals surface area contributed by atoms with Gasteiger partial charge in [-0.1, -0.05) is 42.0 Å². The van der Waals surface area contributed by atoms with Gasteiger partial charge in [-0.3, -0.25) is 4.79 Å². The number of hydrogen-bond donors (Lipinski definition) is 3. The normalized spacial score (nSPS) is 14.8. The molecule has 3 aromatic carbocycles. The zero-order valence-corrected chi connectivity index (χ0v) is 14.6. The first-order chi connectivity index (χ1) is 12.4. The van der Waals surface area contributed by atoms with E-state index in [0.29, 0.717) is 0 Å². The highest BCUT2D eigenvalue weighted by atomic mass is 16.3. The number of phenolic OH excluding ortho intramolecular Hbond substituents is 2. The largest absolute Gasteiger partial charge is 0.508 e. The molecule has 0 atom stereocenters. The molecule has 0 bridgehead atoms. The van der Waals surface area contributed by atoms with Crippen LogP contribution in [0.4, 0.5) is 5.69 Å². The third kappa shape index (κ3) is 2.19. The number of phenols is 2. The minimum absolute atomic E-state index is 0.141. The highest BCUT2D eigenvalue weighted by molar-refractivity contribution is 6.12. The zero-order chi connectivity index (χ0) is 18.5. The zero-order valence-electron chi connectivity index (χ0n) is 14.6. The molecule has 0 saturated carbocycles. The summed E-state index contributed by atoms with van der Waals surface area (Å²) in [7, 11) is 0. The second kappa shape index (κ2) is 5.63. The molecule has 0 radical (unpaired) electrons. The number of amides is 1. The lowest BCUT2D eigenvalue weighted by atomic mass is 9.69. The summed E-state index contributed by atoms with van der Waals surface area (Å²) in [5.74, 6) is 0.153. The van der Waals surface area contributed by atoms with Crippen LogP contribution >= 0.6 is 0 Å². The van der Waals surface area contributed by atoms with Gasteiger partial charge in [-0.05, 0) is 54.8 Å². The summed E-state index contributed by atoms with van der Waals surface area (Å²) in [6.45, 7) is 3.99. The number of aromatic hydroxyl groups is 2. The number of anilines is 1. The van der Waals surface area contributed by atoms with Crippen molar-refractivity contribution >= 4 is 11.6 Å². The summed E-state index contributed by atoms with van der Waals surface area (Å²) in [5.41, 5.74) is 4.28. The Morgan fingerprint density at radius 3 is 1.81 bits per heavy atom. The quantitative estimate of drug-likeness (QED) is 0.657. The van der Waals surface area contributed by atoms with Gasteiger partial charge in [0.1, 0.15) is 16.9 Å². The highest BCUT2D eigenvalue weighted by Crippen LogP contribution is 2.49. The molecular formula is C22H19NO3. The number of hydrogen-bond acceptors (Lipinski definition) is 3. The van der Waals surface area contributed by atoms with E-state index in [1.54, 1.807) is 48.5 Å². The van der Waals surface area contributed by atoms with E-state index in [-0.39, 0.29) is 17.4 Å². The molecule has 0 aromatic heterocycles. The molecule has 3 aromatic rings. The van der Waals surface area contributed by atoms with Crippen molar-refractivity contribution in [1.82, 2.24) is 0 Å². The fourth-order valence-corrected chi connectivity index (χ4v) is 3.92. The second-order valence-corrected chi connectivity index (χ2v) is 6.80. The Bertz CT molecular complexity index is 959. The van der Waals surface area contributed by atoms with Crippen LogP contribution in [-0.4, -0.2) is 16.1 Å². The van der Waals surface area contributed by atoms with E-state index in [2.05, 4.69) is 5.32 Å². The number of fused-ring (bicyclic) bond motifs is 1. The third-order valence-electron chi connectivity index (χ3n) is 5.06. The minimum Gasteiger partial charge on any atom is -0.508 e. The number of carbonyl (C=O) groups excluding carboxylic acids is 1. The highest BCUT2D eigenvalue weighted by Gasteiger charge is 2.50. The SMILES string of the molecule is Cc1cc(C)c2c(c1)C(c1ccc(O)cc1)(c1ccc(O)cc1)C(=O)N2. The van der Waals surface area contributed by atoms with Crippen molar-refractivity contribution in [3.05, 3.63) is 88.5 Å². The van der Waals surface area contributed by atoms with Gasteiger partial charge in [0.15, 0.2) is 0 Å². The fourth-order valence-electron chi connectivity index (χ4n) is 3.92.